The van der Waals surface area contributed by atoms with Gasteiger partial charge in [0.05, 0.1) is 6.54 Å². The average Bonchev–Trinajstić information content (AvgIpc) is 2.35. The van der Waals surface area contributed by atoms with Gasteiger partial charge in [0.15, 0.2) is 11.0 Å². The van der Waals surface area contributed by atoms with Gasteiger partial charge in [0.1, 0.15) is 4.95 Å². The first kappa shape index (κ1) is 7.31. The van der Waals surface area contributed by atoms with Crippen molar-refractivity contribution in [2.45, 2.75) is 4.95 Å². The van der Waals surface area contributed by atoms with E-state index in [0.717, 1.165) is 12.4 Å². The lowest BCUT2D eigenvalue weighted by Gasteiger charge is -2.20. The van der Waals surface area contributed by atoms with E-state index in [-0.39, 0.29) is 4.95 Å². The Bertz CT molecular complexity index is 271. The fourth-order valence-electron chi connectivity index (χ4n) is 1.03. The van der Waals surface area contributed by atoms with Crippen LogP contribution < -0.4 is 0 Å². The van der Waals surface area contributed by atoms with Crippen molar-refractivity contribution in [2.75, 3.05) is 6.54 Å². The largest absolute Gasteiger partial charge is 0.314 e. The summed E-state index contributed by atoms with van der Waals surface area (Å²) in [7, 11) is 0. The Balaban J connectivity index is 2.35. The highest BCUT2D eigenvalue weighted by atomic mass is 79.9. The second kappa shape index (κ2) is 2.60. The Morgan fingerprint density at radius 2 is 2.55 bits per heavy atom. The van der Waals surface area contributed by atoms with Crippen molar-refractivity contribution in [1.82, 2.24) is 4.90 Å². The summed E-state index contributed by atoms with van der Waals surface area (Å²) < 4.78 is 0. The molecule has 2 heterocycles. The molecule has 0 bridgehead atoms. The molecule has 0 amide bonds. The van der Waals surface area contributed by atoms with Crippen LogP contribution in [0.4, 0.5) is 0 Å². The van der Waals surface area contributed by atoms with Crippen LogP contribution in [0, 0.1) is 0 Å². The molecule has 2 rings (SSSR count). The predicted octanol–water partition coefficient (Wildman–Crippen LogP) is 1.54. The Kier molecular flexibility index (Phi) is 1.73. The fraction of sp³-hybridized carbons (Fsp3) is 0.333. The first-order valence-corrected chi connectivity index (χ1v) is 4.45. The summed E-state index contributed by atoms with van der Waals surface area (Å²) in [6.07, 6.45) is 3.53. The second-order valence-corrected chi connectivity index (χ2v) is 3.64. The number of nitrogens with zero attached hydrogens (tertiary/aromatic N) is 3. The highest BCUT2D eigenvalue weighted by Crippen LogP contribution is 2.20. The maximum Gasteiger partial charge on any atom is 0.171 e. The lowest BCUT2D eigenvalue weighted by atomic mass is 10.5. The summed E-state index contributed by atoms with van der Waals surface area (Å²) in [5.41, 5.74) is 0. The van der Waals surface area contributed by atoms with E-state index in [1.165, 1.54) is 0 Å². The third kappa shape index (κ3) is 1.10. The standard InChI is InChI=1S/C6H5BrClN3/c7-4-3-10-6-5(8)9-1-2-11(4)6/h1-2,4H,3H2. The number of alkyl halides is 1. The van der Waals surface area contributed by atoms with E-state index < -0.39 is 0 Å². The smallest absolute Gasteiger partial charge is 0.171 e. The van der Waals surface area contributed by atoms with Crippen molar-refractivity contribution in [3.05, 3.63) is 12.4 Å². The number of hydrogen-bond acceptors (Lipinski definition) is 3. The molecule has 11 heavy (non-hydrogen) atoms. The lowest BCUT2D eigenvalue weighted by Crippen LogP contribution is -2.32. The third-order valence-corrected chi connectivity index (χ3v) is 2.54. The third-order valence-electron chi connectivity index (χ3n) is 1.54. The Morgan fingerprint density at radius 3 is 3.27 bits per heavy atom. The fourth-order valence-corrected chi connectivity index (χ4v) is 1.72. The van der Waals surface area contributed by atoms with Crippen molar-refractivity contribution < 1.29 is 0 Å². The first-order chi connectivity index (χ1) is 5.29. The quantitative estimate of drug-likeness (QED) is 0.462. The van der Waals surface area contributed by atoms with Crippen molar-refractivity contribution in [3.63, 3.8) is 0 Å². The monoisotopic (exact) mass is 233 g/mol. The van der Waals surface area contributed by atoms with Gasteiger partial charge in [-0.05, 0) is 0 Å². The summed E-state index contributed by atoms with van der Waals surface area (Å²) in [6.45, 7) is 0.728. The lowest BCUT2D eigenvalue weighted by molar-refractivity contribution is 0.579. The molecular weight excluding hydrogens is 229 g/mol. The van der Waals surface area contributed by atoms with Crippen LogP contribution in [0.5, 0.6) is 0 Å². The van der Waals surface area contributed by atoms with E-state index in [2.05, 4.69) is 25.9 Å². The molecule has 0 fully saturated rings. The maximum absolute atomic E-state index is 5.79. The molecule has 1 atom stereocenters. The Labute approximate surface area is 77.6 Å². The minimum Gasteiger partial charge on any atom is -0.314 e. The molecule has 0 aromatic rings. The molecule has 2 aliphatic rings. The molecule has 0 spiro atoms. The van der Waals surface area contributed by atoms with Gasteiger partial charge in [-0.3, -0.25) is 4.99 Å². The Morgan fingerprint density at radius 1 is 1.73 bits per heavy atom. The zero-order valence-electron chi connectivity index (χ0n) is 5.54. The van der Waals surface area contributed by atoms with Gasteiger partial charge in [-0.15, -0.1) is 0 Å². The number of rotatable bonds is 0. The highest BCUT2D eigenvalue weighted by Gasteiger charge is 2.27. The van der Waals surface area contributed by atoms with Crippen LogP contribution in [-0.2, 0) is 0 Å². The van der Waals surface area contributed by atoms with Gasteiger partial charge in [0.25, 0.3) is 0 Å². The molecule has 2 aliphatic heterocycles. The van der Waals surface area contributed by atoms with Crippen LogP contribution in [0.1, 0.15) is 0 Å². The first-order valence-electron chi connectivity index (χ1n) is 3.16. The SMILES string of the molecule is ClC1=NC=CN2C1=NCC2Br. The number of fused-ring (bicyclic) bond motifs is 1. The molecule has 0 aliphatic carbocycles. The van der Waals surface area contributed by atoms with Gasteiger partial charge in [-0.2, -0.15) is 0 Å². The molecule has 0 aromatic heterocycles. The van der Waals surface area contributed by atoms with Crippen LogP contribution in [0.2, 0.25) is 0 Å². The van der Waals surface area contributed by atoms with Crippen LogP contribution in [0.25, 0.3) is 0 Å². The molecular formula is C6H5BrClN3. The Hall–Kier alpha value is -0.350. The van der Waals surface area contributed by atoms with E-state index in [1.807, 2.05) is 11.1 Å². The molecule has 0 radical (unpaired) electrons. The topological polar surface area (TPSA) is 28.0 Å². The predicted molar refractivity (Wildman–Crippen MR) is 49.3 cm³/mol. The molecule has 0 N–H and O–H groups in total. The van der Waals surface area contributed by atoms with Gasteiger partial charge >= 0.3 is 0 Å². The summed E-state index contributed by atoms with van der Waals surface area (Å²) in [5, 5.41) is 0.467. The van der Waals surface area contributed by atoms with E-state index >= 15 is 0 Å². The highest BCUT2D eigenvalue weighted by molar-refractivity contribution is 9.09. The van der Waals surface area contributed by atoms with Crippen LogP contribution in [-0.4, -0.2) is 27.4 Å². The zero-order valence-corrected chi connectivity index (χ0v) is 7.88. The normalized spacial score (nSPS) is 28.2. The van der Waals surface area contributed by atoms with Gasteiger partial charge in [-0.25, -0.2) is 4.99 Å². The maximum atomic E-state index is 5.79. The van der Waals surface area contributed by atoms with Crippen LogP contribution in [0.15, 0.2) is 22.4 Å². The van der Waals surface area contributed by atoms with E-state index in [9.17, 15) is 0 Å². The van der Waals surface area contributed by atoms with Crippen LogP contribution in [0.3, 0.4) is 0 Å². The molecule has 58 valence electrons. The van der Waals surface area contributed by atoms with Crippen molar-refractivity contribution >= 4 is 38.5 Å². The molecule has 0 aromatic carbocycles. The number of halogens is 2. The van der Waals surface area contributed by atoms with E-state index in [0.29, 0.717) is 5.17 Å². The summed E-state index contributed by atoms with van der Waals surface area (Å²) >= 11 is 9.24. The number of amidine groups is 1. The molecule has 0 saturated carbocycles. The number of hydrogen-bond donors (Lipinski definition) is 0. The zero-order chi connectivity index (χ0) is 7.84. The molecule has 1 unspecified atom stereocenters. The van der Waals surface area contributed by atoms with E-state index in [1.54, 1.807) is 6.20 Å². The second-order valence-electron chi connectivity index (χ2n) is 2.22. The van der Waals surface area contributed by atoms with E-state index in [4.69, 9.17) is 11.6 Å². The van der Waals surface area contributed by atoms with Crippen LogP contribution >= 0.6 is 27.5 Å². The van der Waals surface area contributed by atoms with Crippen molar-refractivity contribution in [1.29, 1.82) is 0 Å². The molecule has 5 heteroatoms. The van der Waals surface area contributed by atoms with Gasteiger partial charge in [0.2, 0.25) is 0 Å². The molecule has 3 nitrogen and oxygen atoms in total. The summed E-state index contributed by atoms with van der Waals surface area (Å²) in [4.78, 5) is 10.3. The molecule has 0 saturated heterocycles. The van der Waals surface area contributed by atoms with Gasteiger partial charge in [-0.1, -0.05) is 27.5 Å². The van der Waals surface area contributed by atoms with Gasteiger partial charge < -0.3 is 4.90 Å². The van der Waals surface area contributed by atoms with Gasteiger partial charge in [0, 0.05) is 12.4 Å². The van der Waals surface area contributed by atoms with Crippen molar-refractivity contribution in [3.8, 4) is 0 Å². The van der Waals surface area contributed by atoms with Crippen molar-refractivity contribution in [2.24, 2.45) is 9.98 Å². The average molecular weight is 234 g/mol. The summed E-state index contributed by atoms with van der Waals surface area (Å²) in [5.74, 6) is 0.760. The minimum atomic E-state index is 0.234. The number of aliphatic imine (C=N–C) groups is 2. The summed E-state index contributed by atoms with van der Waals surface area (Å²) in [6, 6.07) is 0. The minimum absolute atomic E-state index is 0.234.